The average Bonchev–Trinajstić information content (AvgIpc) is 3.27. The second-order valence-electron chi connectivity index (χ2n) is 6.54. The summed E-state index contributed by atoms with van der Waals surface area (Å²) in [6, 6.07) is 9.99. The molecule has 1 atom stereocenters. The van der Waals surface area contributed by atoms with Crippen molar-refractivity contribution in [3.05, 3.63) is 57.8 Å². The Kier molecular flexibility index (Phi) is 5.62. The molecular weight excluding hydrogens is 364 g/mol. The molecule has 6 nitrogen and oxygen atoms in total. The van der Waals surface area contributed by atoms with Crippen LogP contribution in [0.15, 0.2) is 47.4 Å². The molecule has 1 fully saturated rings. The van der Waals surface area contributed by atoms with Crippen molar-refractivity contribution < 1.29 is 19.4 Å². The number of nitrogens with zero attached hydrogens (tertiary/aromatic N) is 2. The number of likely N-dealkylation sites (tertiary alicyclic amines) is 1. The van der Waals surface area contributed by atoms with Gasteiger partial charge in [0.15, 0.2) is 0 Å². The van der Waals surface area contributed by atoms with E-state index >= 15 is 0 Å². The van der Waals surface area contributed by atoms with Crippen LogP contribution in [0.1, 0.15) is 16.5 Å². The number of aliphatic hydroxyl groups excluding tert-OH is 1. The zero-order chi connectivity index (χ0) is 19.6. The minimum atomic E-state index is -0.660. The van der Waals surface area contributed by atoms with Gasteiger partial charge in [0.2, 0.25) is 0 Å². The summed E-state index contributed by atoms with van der Waals surface area (Å²) in [4.78, 5) is 29.8. The molecule has 1 aliphatic heterocycles. The molecule has 0 spiro atoms. The first-order chi connectivity index (χ1) is 12.9. The Labute approximate surface area is 162 Å². The van der Waals surface area contributed by atoms with Crippen LogP contribution in [0.4, 0.5) is 0 Å². The molecule has 1 saturated heterocycles. The van der Waals surface area contributed by atoms with Gasteiger partial charge in [0.05, 0.1) is 18.7 Å². The van der Waals surface area contributed by atoms with Crippen molar-refractivity contribution in [2.24, 2.45) is 0 Å². The molecule has 142 valence electrons. The molecule has 0 aliphatic carbocycles. The lowest BCUT2D eigenvalue weighted by atomic mass is 10.00. The van der Waals surface area contributed by atoms with Crippen molar-refractivity contribution in [3.8, 4) is 5.75 Å². The van der Waals surface area contributed by atoms with Gasteiger partial charge in [-0.15, -0.1) is 11.3 Å². The number of Topliss-reactive ketones (excluding diaryl/α,β-unsaturated/α-hetero) is 1. The van der Waals surface area contributed by atoms with E-state index < -0.39 is 17.7 Å². The van der Waals surface area contributed by atoms with Crippen LogP contribution in [0.2, 0.25) is 0 Å². The van der Waals surface area contributed by atoms with Crippen molar-refractivity contribution in [1.29, 1.82) is 0 Å². The van der Waals surface area contributed by atoms with Crippen LogP contribution in [0.25, 0.3) is 5.76 Å². The minimum Gasteiger partial charge on any atom is -0.507 e. The second-order valence-corrected chi connectivity index (χ2v) is 7.52. The molecule has 2 aromatic rings. The molecule has 0 unspecified atom stereocenters. The maximum Gasteiger partial charge on any atom is 0.295 e. The van der Waals surface area contributed by atoms with Gasteiger partial charge in [-0.2, -0.15) is 0 Å². The number of thiophene rings is 1. The Morgan fingerprint density at radius 3 is 2.67 bits per heavy atom. The van der Waals surface area contributed by atoms with Crippen molar-refractivity contribution in [2.45, 2.75) is 6.04 Å². The molecule has 1 aliphatic rings. The molecule has 3 rings (SSSR count). The van der Waals surface area contributed by atoms with Crippen LogP contribution < -0.4 is 4.74 Å². The van der Waals surface area contributed by atoms with Crippen LogP contribution in [0.5, 0.6) is 5.75 Å². The van der Waals surface area contributed by atoms with Crippen LogP contribution in [-0.4, -0.2) is 60.9 Å². The third kappa shape index (κ3) is 3.74. The van der Waals surface area contributed by atoms with Gasteiger partial charge in [-0.05, 0) is 37.7 Å². The van der Waals surface area contributed by atoms with E-state index in [1.54, 1.807) is 29.2 Å². The predicted molar refractivity (Wildman–Crippen MR) is 105 cm³/mol. The monoisotopic (exact) mass is 386 g/mol. The normalized spacial score (nSPS) is 19.1. The number of ether oxygens (including phenoxy) is 1. The Morgan fingerprint density at radius 2 is 2.04 bits per heavy atom. The minimum absolute atomic E-state index is 0.120. The Bertz CT molecular complexity index is 874. The predicted octanol–water partition coefficient (Wildman–Crippen LogP) is 2.74. The number of benzene rings is 1. The summed E-state index contributed by atoms with van der Waals surface area (Å²) in [6.45, 7) is 1.02. The van der Waals surface area contributed by atoms with E-state index in [0.717, 1.165) is 4.88 Å². The lowest BCUT2D eigenvalue weighted by molar-refractivity contribution is -0.140. The lowest BCUT2D eigenvalue weighted by Crippen LogP contribution is -2.35. The molecule has 1 amide bonds. The molecule has 1 aromatic heterocycles. The summed E-state index contributed by atoms with van der Waals surface area (Å²) >= 11 is 1.46. The van der Waals surface area contributed by atoms with Crippen molar-refractivity contribution in [3.63, 3.8) is 0 Å². The van der Waals surface area contributed by atoms with Gasteiger partial charge in [0.1, 0.15) is 11.5 Å². The smallest absolute Gasteiger partial charge is 0.295 e. The number of hydrogen-bond acceptors (Lipinski definition) is 6. The van der Waals surface area contributed by atoms with Crippen LogP contribution in [-0.2, 0) is 9.59 Å². The van der Waals surface area contributed by atoms with E-state index in [1.165, 1.54) is 18.4 Å². The van der Waals surface area contributed by atoms with E-state index in [9.17, 15) is 14.7 Å². The quantitative estimate of drug-likeness (QED) is 0.470. The number of carbonyl (C=O) groups excluding carboxylic acids is 2. The molecule has 1 aromatic carbocycles. The molecule has 2 heterocycles. The first kappa shape index (κ1) is 19.1. The van der Waals surface area contributed by atoms with Crippen LogP contribution in [0, 0.1) is 0 Å². The van der Waals surface area contributed by atoms with Gasteiger partial charge in [-0.1, -0.05) is 18.2 Å². The molecule has 1 N–H and O–H groups in total. The first-order valence-electron chi connectivity index (χ1n) is 8.55. The standard InChI is InChI=1S/C20H22N2O4S/c1-21(2)9-10-22-17(15-8-5-11-27-15)16(19(24)20(22)25)18(23)13-6-4-7-14(12-13)26-3/h4-8,11-12,17,23H,9-10H2,1-3H3/b18-16+/t17-/m0/s1. The third-order valence-electron chi connectivity index (χ3n) is 4.48. The number of rotatable bonds is 6. The summed E-state index contributed by atoms with van der Waals surface area (Å²) in [5, 5.41) is 12.8. The van der Waals surface area contributed by atoms with E-state index in [0.29, 0.717) is 24.4 Å². The van der Waals surface area contributed by atoms with Gasteiger partial charge in [-0.3, -0.25) is 9.59 Å². The Balaban J connectivity index is 2.10. The zero-order valence-electron chi connectivity index (χ0n) is 15.5. The fourth-order valence-corrected chi connectivity index (χ4v) is 3.93. The van der Waals surface area contributed by atoms with E-state index in [4.69, 9.17) is 4.74 Å². The van der Waals surface area contributed by atoms with E-state index in [1.807, 2.05) is 36.5 Å². The second kappa shape index (κ2) is 7.94. The largest absolute Gasteiger partial charge is 0.507 e. The van der Waals surface area contributed by atoms with Crippen molar-refractivity contribution in [2.75, 3.05) is 34.3 Å². The van der Waals surface area contributed by atoms with Crippen LogP contribution in [0.3, 0.4) is 0 Å². The average molecular weight is 386 g/mol. The summed E-state index contributed by atoms with van der Waals surface area (Å²) in [5.74, 6) is -0.862. The van der Waals surface area contributed by atoms with Gasteiger partial charge in [0, 0.05) is 23.5 Å². The molecule has 0 saturated carbocycles. The number of methoxy groups -OCH3 is 1. The summed E-state index contributed by atoms with van der Waals surface area (Å²) in [5.41, 5.74) is 0.566. The first-order valence-corrected chi connectivity index (χ1v) is 9.43. The lowest BCUT2D eigenvalue weighted by Gasteiger charge is -2.25. The molecule has 0 radical (unpaired) electrons. The number of hydrogen-bond donors (Lipinski definition) is 1. The molecule has 0 bridgehead atoms. The highest BCUT2D eigenvalue weighted by Gasteiger charge is 2.46. The summed E-state index contributed by atoms with van der Waals surface area (Å²) < 4.78 is 5.20. The number of likely N-dealkylation sites (N-methyl/N-ethyl adjacent to an activating group) is 1. The fourth-order valence-electron chi connectivity index (χ4n) is 3.09. The number of carbonyl (C=O) groups is 2. The highest BCUT2D eigenvalue weighted by molar-refractivity contribution is 7.10. The zero-order valence-corrected chi connectivity index (χ0v) is 16.3. The SMILES string of the molecule is COc1cccc(/C(O)=C2\C(=O)C(=O)N(CCN(C)C)[C@H]2c2cccs2)c1. The molecular formula is C20H22N2O4S. The van der Waals surface area contributed by atoms with E-state index in [-0.39, 0.29) is 11.3 Å². The highest BCUT2D eigenvalue weighted by atomic mass is 32.1. The van der Waals surface area contributed by atoms with Crippen molar-refractivity contribution in [1.82, 2.24) is 9.80 Å². The van der Waals surface area contributed by atoms with Gasteiger partial charge >= 0.3 is 0 Å². The van der Waals surface area contributed by atoms with Gasteiger partial charge in [0.25, 0.3) is 11.7 Å². The molecule has 27 heavy (non-hydrogen) atoms. The van der Waals surface area contributed by atoms with Crippen molar-refractivity contribution >= 4 is 28.8 Å². The fraction of sp³-hybridized carbons (Fsp3) is 0.300. The topological polar surface area (TPSA) is 70.1 Å². The maximum absolute atomic E-state index is 12.8. The number of amides is 1. The third-order valence-corrected chi connectivity index (χ3v) is 5.41. The van der Waals surface area contributed by atoms with Crippen LogP contribution >= 0.6 is 11.3 Å². The number of ketones is 1. The maximum atomic E-state index is 12.8. The Hall–Kier alpha value is -2.64. The van der Waals surface area contributed by atoms with Gasteiger partial charge < -0.3 is 19.6 Å². The summed E-state index contributed by atoms with van der Waals surface area (Å²) in [6.07, 6.45) is 0. The number of aliphatic hydroxyl groups is 1. The Morgan fingerprint density at radius 1 is 1.26 bits per heavy atom. The van der Waals surface area contributed by atoms with E-state index in [2.05, 4.69) is 0 Å². The summed E-state index contributed by atoms with van der Waals surface area (Å²) in [7, 11) is 5.35. The highest BCUT2D eigenvalue weighted by Crippen LogP contribution is 2.41. The molecule has 7 heteroatoms. The van der Waals surface area contributed by atoms with Gasteiger partial charge in [-0.25, -0.2) is 0 Å².